The van der Waals surface area contributed by atoms with Crippen LogP contribution in [0, 0.1) is 0 Å². The molecule has 2 unspecified atom stereocenters. The second kappa shape index (κ2) is 5.07. The van der Waals surface area contributed by atoms with Crippen LogP contribution < -0.4 is 0 Å². The van der Waals surface area contributed by atoms with Crippen LogP contribution in [0.4, 0.5) is 0 Å². The second-order valence-corrected chi connectivity index (χ2v) is 3.16. The molecule has 0 radical (unpaired) electrons. The van der Waals surface area contributed by atoms with Gasteiger partial charge in [-0.1, -0.05) is 30.3 Å². The lowest BCUT2D eigenvalue weighted by molar-refractivity contribution is -0.297. The molecular formula is C11H12O5. The third-order valence-electron chi connectivity index (χ3n) is 2.03. The molecule has 0 saturated carbocycles. The molecule has 1 aliphatic heterocycles. The molecule has 2 rings (SSSR count). The van der Waals surface area contributed by atoms with Gasteiger partial charge in [0, 0.05) is 5.56 Å². The lowest BCUT2D eigenvalue weighted by Crippen LogP contribution is -2.23. The molecular weight excluding hydrogens is 212 g/mol. The predicted molar refractivity (Wildman–Crippen MR) is 52.9 cm³/mol. The summed E-state index contributed by atoms with van der Waals surface area (Å²) in [6.45, 7) is 1.99. The minimum atomic E-state index is -1.11. The van der Waals surface area contributed by atoms with Gasteiger partial charge in [-0.05, 0) is 6.92 Å². The largest absolute Gasteiger partial charge is 0.462 e. The smallest absolute Gasteiger partial charge is 0.366 e. The molecule has 1 fully saturated rings. The predicted octanol–water partition coefficient (Wildman–Crippen LogP) is 1.55. The Morgan fingerprint density at radius 2 is 2.06 bits per heavy atom. The SMILES string of the molecule is CCOC(=O)C1OOC(c2ccccc2)O1. The maximum atomic E-state index is 11.3. The number of rotatable bonds is 3. The molecule has 2 atom stereocenters. The van der Waals surface area contributed by atoms with Gasteiger partial charge in [0.25, 0.3) is 6.29 Å². The first kappa shape index (κ1) is 11.1. The third kappa shape index (κ3) is 2.38. The molecule has 1 aromatic rings. The van der Waals surface area contributed by atoms with Gasteiger partial charge in [-0.15, -0.1) is 0 Å². The van der Waals surface area contributed by atoms with Gasteiger partial charge in [0.15, 0.2) is 0 Å². The van der Waals surface area contributed by atoms with Gasteiger partial charge in [0.05, 0.1) is 6.61 Å². The Kier molecular flexibility index (Phi) is 3.51. The molecule has 5 heteroatoms. The van der Waals surface area contributed by atoms with Crippen LogP contribution in [0.15, 0.2) is 30.3 Å². The number of ether oxygens (including phenoxy) is 2. The van der Waals surface area contributed by atoms with E-state index in [9.17, 15) is 4.79 Å². The highest BCUT2D eigenvalue weighted by atomic mass is 17.3. The zero-order chi connectivity index (χ0) is 11.4. The number of carbonyl (C=O) groups excluding carboxylic acids is 1. The summed E-state index contributed by atoms with van der Waals surface area (Å²) in [4.78, 5) is 20.9. The quantitative estimate of drug-likeness (QED) is 0.576. The van der Waals surface area contributed by atoms with E-state index in [-0.39, 0.29) is 6.61 Å². The fourth-order valence-electron chi connectivity index (χ4n) is 1.31. The van der Waals surface area contributed by atoms with Crippen LogP contribution in [0.2, 0.25) is 0 Å². The maximum absolute atomic E-state index is 11.3. The summed E-state index contributed by atoms with van der Waals surface area (Å²) in [5, 5.41) is 0. The van der Waals surface area contributed by atoms with Crippen molar-refractivity contribution in [2.24, 2.45) is 0 Å². The standard InChI is InChI=1S/C11H12O5/c1-2-13-9(12)11-14-10(15-16-11)8-6-4-3-5-7-8/h3-7,10-11H,2H2,1H3. The van der Waals surface area contributed by atoms with Crippen LogP contribution in [0.5, 0.6) is 0 Å². The fraction of sp³-hybridized carbons (Fsp3) is 0.364. The van der Waals surface area contributed by atoms with Gasteiger partial charge in [-0.2, -0.15) is 9.78 Å². The molecule has 1 saturated heterocycles. The van der Waals surface area contributed by atoms with Gasteiger partial charge < -0.3 is 9.47 Å². The normalized spacial score (nSPS) is 24.3. The molecule has 16 heavy (non-hydrogen) atoms. The zero-order valence-electron chi connectivity index (χ0n) is 8.79. The van der Waals surface area contributed by atoms with Crippen LogP contribution in [0.1, 0.15) is 18.8 Å². The molecule has 1 aromatic carbocycles. The Hall–Kier alpha value is -1.43. The first-order chi connectivity index (χ1) is 7.81. The number of hydrogen-bond donors (Lipinski definition) is 0. The van der Waals surface area contributed by atoms with E-state index in [1.807, 2.05) is 30.3 Å². The molecule has 1 heterocycles. The Balaban J connectivity index is 1.96. The lowest BCUT2D eigenvalue weighted by Gasteiger charge is -2.07. The van der Waals surface area contributed by atoms with Crippen molar-refractivity contribution in [3.63, 3.8) is 0 Å². The van der Waals surface area contributed by atoms with Crippen LogP contribution in [0.25, 0.3) is 0 Å². The lowest BCUT2D eigenvalue weighted by atomic mass is 10.2. The number of hydrogen-bond acceptors (Lipinski definition) is 5. The van der Waals surface area contributed by atoms with Crippen molar-refractivity contribution < 1.29 is 24.0 Å². The summed E-state index contributed by atoms with van der Waals surface area (Å²) < 4.78 is 9.98. The Bertz CT molecular complexity index is 351. The molecule has 1 aliphatic rings. The van der Waals surface area contributed by atoms with Crippen molar-refractivity contribution in [2.75, 3.05) is 6.61 Å². The minimum Gasteiger partial charge on any atom is -0.462 e. The van der Waals surface area contributed by atoms with Crippen LogP contribution in [-0.2, 0) is 24.0 Å². The Labute approximate surface area is 92.8 Å². The van der Waals surface area contributed by atoms with Crippen molar-refractivity contribution in [3.05, 3.63) is 35.9 Å². The summed E-state index contributed by atoms with van der Waals surface area (Å²) >= 11 is 0. The summed E-state index contributed by atoms with van der Waals surface area (Å²) in [6.07, 6.45) is -1.79. The molecule has 0 N–H and O–H groups in total. The molecule has 0 bridgehead atoms. The second-order valence-electron chi connectivity index (χ2n) is 3.16. The summed E-state index contributed by atoms with van der Waals surface area (Å²) in [7, 11) is 0. The zero-order valence-corrected chi connectivity index (χ0v) is 8.79. The fourth-order valence-corrected chi connectivity index (χ4v) is 1.31. The van der Waals surface area contributed by atoms with E-state index < -0.39 is 18.5 Å². The minimum absolute atomic E-state index is 0.276. The average Bonchev–Trinajstić information content (AvgIpc) is 2.80. The van der Waals surface area contributed by atoms with E-state index in [0.717, 1.165) is 5.56 Å². The van der Waals surface area contributed by atoms with Crippen LogP contribution in [-0.4, -0.2) is 18.9 Å². The van der Waals surface area contributed by atoms with Crippen molar-refractivity contribution in [1.29, 1.82) is 0 Å². The van der Waals surface area contributed by atoms with Crippen LogP contribution in [0.3, 0.4) is 0 Å². The highest BCUT2D eigenvalue weighted by Crippen LogP contribution is 2.28. The van der Waals surface area contributed by atoms with Crippen molar-refractivity contribution in [1.82, 2.24) is 0 Å². The van der Waals surface area contributed by atoms with E-state index in [1.54, 1.807) is 6.92 Å². The third-order valence-corrected chi connectivity index (χ3v) is 2.03. The van der Waals surface area contributed by atoms with Gasteiger partial charge in [0.2, 0.25) is 6.29 Å². The van der Waals surface area contributed by atoms with E-state index in [4.69, 9.17) is 19.2 Å². The molecule has 0 aromatic heterocycles. The molecule has 5 nitrogen and oxygen atoms in total. The van der Waals surface area contributed by atoms with Crippen molar-refractivity contribution in [3.8, 4) is 0 Å². The number of carbonyl (C=O) groups is 1. The summed E-state index contributed by atoms with van der Waals surface area (Å²) in [5.74, 6) is -0.582. The number of benzene rings is 1. The molecule has 86 valence electrons. The Morgan fingerprint density at radius 3 is 2.75 bits per heavy atom. The highest BCUT2D eigenvalue weighted by molar-refractivity contribution is 5.73. The average molecular weight is 224 g/mol. The summed E-state index contributed by atoms with van der Waals surface area (Å²) in [6, 6.07) is 9.21. The number of esters is 1. The Morgan fingerprint density at radius 1 is 1.31 bits per heavy atom. The first-order valence-electron chi connectivity index (χ1n) is 5.00. The molecule has 0 aliphatic carbocycles. The van der Waals surface area contributed by atoms with Crippen LogP contribution >= 0.6 is 0 Å². The van der Waals surface area contributed by atoms with E-state index in [1.165, 1.54) is 0 Å². The topological polar surface area (TPSA) is 54.0 Å². The van der Waals surface area contributed by atoms with E-state index >= 15 is 0 Å². The van der Waals surface area contributed by atoms with Gasteiger partial charge in [-0.25, -0.2) is 4.79 Å². The van der Waals surface area contributed by atoms with Gasteiger partial charge in [-0.3, -0.25) is 0 Å². The highest BCUT2D eigenvalue weighted by Gasteiger charge is 2.35. The van der Waals surface area contributed by atoms with Gasteiger partial charge in [0.1, 0.15) is 0 Å². The van der Waals surface area contributed by atoms with Crippen molar-refractivity contribution in [2.45, 2.75) is 19.5 Å². The van der Waals surface area contributed by atoms with Crippen molar-refractivity contribution >= 4 is 5.97 Å². The monoisotopic (exact) mass is 224 g/mol. The van der Waals surface area contributed by atoms with E-state index in [0.29, 0.717) is 0 Å². The summed E-state index contributed by atoms with van der Waals surface area (Å²) in [5.41, 5.74) is 0.786. The maximum Gasteiger partial charge on any atom is 0.366 e. The molecule has 0 spiro atoms. The van der Waals surface area contributed by atoms with E-state index in [2.05, 4.69) is 0 Å². The molecule has 0 amide bonds. The van der Waals surface area contributed by atoms with Gasteiger partial charge >= 0.3 is 5.97 Å². The first-order valence-corrected chi connectivity index (χ1v) is 5.00.